The first kappa shape index (κ1) is 16.1. The lowest BCUT2D eigenvalue weighted by Gasteiger charge is -2.34. The molecule has 19 heavy (non-hydrogen) atoms. The lowest BCUT2D eigenvalue weighted by Crippen LogP contribution is -2.54. The minimum Gasteiger partial charge on any atom is -0.444 e. The Morgan fingerprint density at radius 3 is 2.32 bits per heavy atom. The van der Waals surface area contributed by atoms with Crippen molar-refractivity contribution in [1.82, 2.24) is 4.90 Å². The maximum absolute atomic E-state index is 12.9. The summed E-state index contributed by atoms with van der Waals surface area (Å²) in [6.45, 7) is 4.30. The van der Waals surface area contributed by atoms with E-state index in [2.05, 4.69) is 0 Å². The number of amides is 1. The number of aliphatic hydroxyl groups is 1. The Kier molecular flexibility index (Phi) is 4.39. The molecular formula is C12H20F3NO3. The molecule has 1 aliphatic heterocycles. The van der Waals surface area contributed by atoms with Gasteiger partial charge in [-0.2, -0.15) is 13.2 Å². The normalized spacial score (nSPS) is 25.9. The van der Waals surface area contributed by atoms with Gasteiger partial charge in [0.05, 0.1) is 6.54 Å². The highest BCUT2D eigenvalue weighted by molar-refractivity contribution is 5.68. The minimum absolute atomic E-state index is 0.160. The summed E-state index contributed by atoms with van der Waals surface area (Å²) in [5, 5.41) is 9.73. The number of likely N-dealkylation sites (tertiary alicyclic amines) is 1. The predicted molar refractivity (Wildman–Crippen MR) is 62.7 cm³/mol. The molecular weight excluding hydrogens is 263 g/mol. The maximum atomic E-state index is 12.9. The molecule has 0 saturated carbocycles. The van der Waals surface area contributed by atoms with Gasteiger partial charge in [0.25, 0.3) is 0 Å². The third kappa shape index (κ3) is 4.26. The molecule has 0 spiro atoms. The van der Waals surface area contributed by atoms with Crippen LogP contribution in [0.3, 0.4) is 0 Å². The first-order valence-corrected chi connectivity index (χ1v) is 6.22. The number of nitrogens with zero attached hydrogens (tertiary/aromatic N) is 1. The second-order valence-electron chi connectivity index (χ2n) is 5.89. The summed E-state index contributed by atoms with van der Waals surface area (Å²) in [5.41, 5.74) is -3.62. The van der Waals surface area contributed by atoms with Gasteiger partial charge in [0.2, 0.25) is 0 Å². The highest BCUT2D eigenvalue weighted by Gasteiger charge is 2.55. The Labute approximate surface area is 110 Å². The number of β-amino-alcohol motifs (C(OH)–C–C–N with tert-alkyl or cyclic N) is 1. The second kappa shape index (κ2) is 5.19. The number of rotatable bonds is 0. The minimum atomic E-state index is -4.75. The molecule has 1 heterocycles. The van der Waals surface area contributed by atoms with Crippen LogP contribution in [-0.2, 0) is 4.74 Å². The molecule has 0 aromatic carbocycles. The summed E-state index contributed by atoms with van der Waals surface area (Å²) in [5.74, 6) is 0. The molecule has 0 aromatic rings. The number of halogens is 3. The first-order chi connectivity index (χ1) is 8.45. The monoisotopic (exact) mass is 283 g/mol. The molecule has 0 aliphatic carbocycles. The molecule has 1 amide bonds. The van der Waals surface area contributed by atoms with Gasteiger partial charge in [-0.05, 0) is 40.0 Å². The molecule has 1 atom stereocenters. The zero-order valence-corrected chi connectivity index (χ0v) is 11.4. The molecule has 0 aromatic heterocycles. The van der Waals surface area contributed by atoms with Gasteiger partial charge >= 0.3 is 12.3 Å². The molecule has 4 nitrogen and oxygen atoms in total. The van der Waals surface area contributed by atoms with E-state index in [1.165, 1.54) is 0 Å². The lowest BCUT2D eigenvalue weighted by atomic mass is 9.97. The van der Waals surface area contributed by atoms with Gasteiger partial charge in [-0.1, -0.05) is 0 Å². The Bertz CT molecular complexity index is 338. The van der Waals surface area contributed by atoms with Crippen molar-refractivity contribution in [3.05, 3.63) is 0 Å². The van der Waals surface area contributed by atoms with E-state index in [1.54, 1.807) is 20.8 Å². The summed E-state index contributed by atoms with van der Waals surface area (Å²) in [6, 6.07) is 0. The molecule has 0 radical (unpaired) electrons. The summed E-state index contributed by atoms with van der Waals surface area (Å²) < 4.78 is 43.6. The van der Waals surface area contributed by atoms with Gasteiger partial charge in [0.15, 0.2) is 5.60 Å². The van der Waals surface area contributed by atoms with Crippen LogP contribution in [0.1, 0.15) is 40.0 Å². The third-order valence-electron chi connectivity index (χ3n) is 2.90. The van der Waals surface area contributed by atoms with Crippen molar-refractivity contribution in [1.29, 1.82) is 0 Å². The highest BCUT2D eigenvalue weighted by Crippen LogP contribution is 2.37. The van der Waals surface area contributed by atoms with Crippen molar-refractivity contribution in [2.45, 2.75) is 57.4 Å². The molecule has 1 aliphatic rings. The smallest absolute Gasteiger partial charge is 0.418 e. The highest BCUT2D eigenvalue weighted by atomic mass is 19.4. The van der Waals surface area contributed by atoms with Gasteiger partial charge < -0.3 is 14.7 Å². The summed E-state index contributed by atoms with van der Waals surface area (Å²) in [4.78, 5) is 12.7. The molecule has 1 fully saturated rings. The Morgan fingerprint density at radius 1 is 1.26 bits per heavy atom. The number of carbonyl (C=O) groups is 1. The average molecular weight is 283 g/mol. The van der Waals surface area contributed by atoms with Crippen LogP contribution in [0, 0.1) is 0 Å². The SMILES string of the molecule is CC(C)(C)OC(=O)N1CCCCC(O)(C(F)(F)F)C1. The van der Waals surface area contributed by atoms with Crippen LogP contribution < -0.4 is 0 Å². The van der Waals surface area contributed by atoms with Gasteiger partial charge in [-0.15, -0.1) is 0 Å². The molecule has 0 bridgehead atoms. The quantitative estimate of drug-likeness (QED) is 0.743. The number of ether oxygens (including phenoxy) is 1. The lowest BCUT2D eigenvalue weighted by molar-refractivity contribution is -0.264. The Morgan fingerprint density at radius 2 is 1.84 bits per heavy atom. The fraction of sp³-hybridized carbons (Fsp3) is 0.917. The molecule has 1 N–H and O–H groups in total. The van der Waals surface area contributed by atoms with E-state index in [9.17, 15) is 23.1 Å². The van der Waals surface area contributed by atoms with Crippen molar-refractivity contribution in [3.8, 4) is 0 Å². The predicted octanol–water partition coefficient (Wildman–Crippen LogP) is 2.70. The van der Waals surface area contributed by atoms with E-state index in [1.807, 2.05) is 0 Å². The molecule has 1 rings (SSSR count). The van der Waals surface area contributed by atoms with Crippen molar-refractivity contribution in [3.63, 3.8) is 0 Å². The van der Waals surface area contributed by atoms with E-state index < -0.39 is 36.4 Å². The van der Waals surface area contributed by atoms with Crippen LogP contribution in [0.4, 0.5) is 18.0 Å². The Hall–Kier alpha value is -0.980. The summed E-state index contributed by atoms with van der Waals surface area (Å²) >= 11 is 0. The van der Waals surface area contributed by atoms with Crippen LogP contribution in [0.15, 0.2) is 0 Å². The standard InChI is InChI=1S/C12H20F3NO3/c1-10(2,3)19-9(17)16-7-5-4-6-11(18,8-16)12(13,14)15/h18H,4-8H2,1-3H3. The number of carbonyl (C=O) groups excluding carboxylic acids is 1. The van der Waals surface area contributed by atoms with E-state index >= 15 is 0 Å². The second-order valence-corrected chi connectivity index (χ2v) is 5.89. The summed E-state index contributed by atoms with van der Waals surface area (Å²) in [6.07, 6.45) is -5.34. The van der Waals surface area contributed by atoms with Gasteiger partial charge in [0.1, 0.15) is 5.60 Å². The number of hydrogen-bond acceptors (Lipinski definition) is 3. The van der Waals surface area contributed by atoms with Gasteiger partial charge in [0, 0.05) is 6.54 Å². The largest absolute Gasteiger partial charge is 0.444 e. The van der Waals surface area contributed by atoms with Crippen molar-refractivity contribution < 1.29 is 27.8 Å². The topological polar surface area (TPSA) is 49.8 Å². The van der Waals surface area contributed by atoms with Crippen molar-refractivity contribution in [2.75, 3.05) is 13.1 Å². The average Bonchev–Trinajstić information content (AvgIpc) is 2.37. The summed E-state index contributed by atoms with van der Waals surface area (Å²) in [7, 11) is 0. The third-order valence-corrected chi connectivity index (χ3v) is 2.90. The number of hydrogen-bond donors (Lipinski definition) is 1. The first-order valence-electron chi connectivity index (χ1n) is 6.22. The van der Waals surface area contributed by atoms with E-state index in [0.717, 1.165) is 4.90 Å². The van der Waals surface area contributed by atoms with Crippen LogP contribution in [-0.4, -0.2) is 46.6 Å². The molecule has 1 unspecified atom stereocenters. The van der Waals surface area contributed by atoms with E-state index in [0.29, 0.717) is 6.42 Å². The fourth-order valence-corrected chi connectivity index (χ4v) is 1.91. The zero-order chi connectivity index (χ0) is 14.9. The van der Waals surface area contributed by atoms with Crippen molar-refractivity contribution >= 4 is 6.09 Å². The zero-order valence-electron chi connectivity index (χ0n) is 11.4. The number of alkyl halides is 3. The fourth-order valence-electron chi connectivity index (χ4n) is 1.91. The molecule has 1 saturated heterocycles. The molecule has 112 valence electrons. The van der Waals surface area contributed by atoms with Crippen molar-refractivity contribution in [2.24, 2.45) is 0 Å². The van der Waals surface area contributed by atoms with Crippen LogP contribution in [0.5, 0.6) is 0 Å². The van der Waals surface area contributed by atoms with E-state index in [-0.39, 0.29) is 13.0 Å². The van der Waals surface area contributed by atoms with Crippen LogP contribution >= 0.6 is 0 Å². The van der Waals surface area contributed by atoms with Gasteiger partial charge in [-0.25, -0.2) is 4.79 Å². The van der Waals surface area contributed by atoms with E-state index in [4.69, 9.17) is 4.74 Å². The van der Waals surface area contributed by atoms with Crippen LogP contribution in [0.2, 0.25) is 0 Å². The van der Waals surface area contributed by atoms with Crippen LogP contribution in [0.25, 0.3) is 0 Å². The van der Waals surface area contributed by atoms with Gasteiger partial charge in [-0.3, -0.25) is 0 Å². The molecule has 7 heteroatoms. The Balaban J connectivity index is 2.82. The maximum Gasteiger partial charge on any atom is 0.418 e.